The minimum atomic E-state index is -3.46. The van der Waals surface area contributed by atoms with Gasteiger partial charge >= 0.3 is 0 Å². The Hall–Kier alpha value is -2.85. The summed E-state index contributed by atoms with van der Waals surface area (Å²) in [6, 6.07) is 10.5. The summed E-state index contributed by atoms with van der Waals surface area (Å²) in [6.45, 7) is 1.96. The molecule has 1 aromatic heterocycles. The Kier molecular flexibility index (Phi) is 7.11. The fraction of sp³-hybridized carbons (Fsp3) is 0.400. The predicted octanol–water partition coefficient (Wildman–Crippen LogP) is 0.981. The van der Waals surface area contributed by atoms with Gasteiger partial charge in [0.15, 0.2) is 11.5 Å². The summed E-state index contributed by atoms with van der Waals surface area (Å²) >= 11 is 0. The third-order valence-electron chi connectivity index (χ3n) is 4.90. The van der Waals surface area contributed by atoms with Crippen molar-refractivity contribution in [2.75, 3.05) is 57.6 Å². The first-order valence-electron chi connectivity index (χ1n) is 9.58. The summed E-state index contributed by atoms with van der Waals surface area (Å²) in [5.41, 5.74) is 0.369. The minimum absolute atomic E-state index is 0.0238. The second-order valence-corrected chi connectivity index (χ2v) is 8.80. The van der Waals surface area contributed by atoms with Gasteiger partial charge in [-0.05, 0) is 30.3 Å². The molecular formula is C20H26N4O5S. The number of benzene rings is 1. The van der Waals surface area contributed by atoms with Gasteiger partial charge in [-0.3, -0.25) is 4.79 Å². The largest absolute Gasteiger partial charge is 0.493 e. The first-order chi connectivity index (χ1) is 14.4. The van der Waals surface area contributed by atoms with E-state index >= 15 is 0 Å². The molecular weight excluding hydrogens is 408 g/mol. The van der Waals surface area contributed by atoms with E-state index in [1.54, 1.807) is 24.4 Å². The molecule has 9 nitrogen and oxygen atoms in total. The number of rotatable bonds is 8. The van der Waals surface area contributed by atoms with Crippen LogP contribution in [0, 0.1) is 0 Å². The van der Waals surface area contributed by atoms with Crippen LogP contribution in [0.15, 0.2) is 42.6 Å². The summed E-state index contributed by atoms with van der Waals surface area (Å²) in [6.07, 6.45) is 1.72. The maximum absolute atomic E-state index is 12.6. The Morgan fingerprint density at radius 2 is 1.80 bits per heavy atom. The van der Waals surface area contributed by atoms with E-state index in [1.165, 1.54) is 18.5 Å². The maximum Gasteiger partial charge on any atom is 0.251 e. The highest BCUT2D eigenvalue weighted by Gasteiger charge is 2.27. The van der Waals surface area contributed by atoms with E-state index < -0.39 is 10.0 Å². The van der Waals surface area contributed by atoms with Crippen molar-refractivity contribution in [2.45, 2.75) is 0 Å². The van der Waals surface area contributed by atoms with Crippen molar-refractivity contribution >= 4 is 21.7 Å². The summed E-state index contributed by atoms with van der Waals surface area (Å²) < 4.78 is 37.1. The quantitative estimate of drug-likeness (QED) is 0.661. The second kappa shape index (κ2) is 9.77. The molecule has 0 saturated carbocycles. The molecule has 10 heteroatoms. The van der Waals surface area contributed by atoms with E-state index in [2.05, 4.69) is 15.2 Å². The number of anilines is 1. The van der Waals surface area contributed by atoms with E-state index in [0.29, 0.717) is 43.2 Å². The van der Waals surface area contributed by atoms with Crippen LogP contribution in [0.4, 0.5) is 5.82 Å². The van der Waals surface area contributed by atoms with Crippen LogP contribution in [0.3, 0.4) is 0 Å². The number of ether oxygens (including phenoxy) is 2. The molecule has 1 amide bonds. The van der Waals surface area contributed by atoms with Gasteiger partial charge in [0.05, 0.1) is 20.0 Å². The lowest BCUT2D eigenvalue weighted by atomic mass is 10.2. The number of carbonyl (C=O) groups is 1. The van der Waals surface area contributed by atoms with Crippen LogP contribution in [-0.4, -0.2) is 76.3 Å². The van der Waals surface area contributed by atoms with Gasteiger partial charge in [-0.15, -0.1) is 0 Å². The fourth-order valence-corrected chi connectivity index (χ4v) is 4.58. The molecule has 2 aromatic rings. The van der Waals surface area contributed by atoms with Crippen LogP contribution in [0.1, 0.15) is 10.4 Å². The van der Waals surface area contributed by atoms with Crippen LogP contribution in [-0.2, 0) is 10.0 Å². The van der Waals surface area contributed by atoms with E-state index in [0.717, 1.165) is 5.82 Å². The summed E-state index contributed by atoms with van der Waals surface area (Å²) in [7, 11) is -0.465. The van der Waals surface area contributed by atoms with Crippen molar-refractivity contribution in [3.05, 3.63) is 48.2 Å². The molecule has 1 aliphatic rings. The summed E-state index contributed by atoms with van der Waals surface area (Å²) in [5, 5.41) is 2.66. The normalized spacial score (nSPS) is 14.9. The lowest BCUT2D eigenvalue weighted by Gasteiger charge is -2.34. The number of pyridine rings is 1. The number of hydrogen-bond donors (Lipinski definition) is 1. The average molecular weight is 435 g/mol. The van der Waals surface area contributed by atoms with Gasteiger partial charge in [-0.1, -0.05) is 6.07 Å². The van der Waals surface area contributed by atoms with Gasteiger partial charge in [0.1, 0.15) is 5.82 Å². The second-order valence-electron chi connectivity index (χ2n) is 6.72. The van der Waals surface area contributed by atoms with Gasteiger partial charge in [0, 0.05) is 44.5 Å². The van der Waals surface area contributed by atoms with Gasteiger partial charge in [0.2, 0.25) is 10.0 Å². The molecule has 0 aliphatic carbocycles. The van der Waals surface area contributed by atoms with Gasteiger partial charge in [0.25, 0.3) is 5.91 Å². The van der Waals surface area contributed by atoms with Crippen LogP contribution in [0.5, 0.6) is 11.5 Å². The van der Waals surface area contributed by atoms with Crippen molar-refractivity contribution < 1.29 is 22.7 Å². The number of aromatic nitrogens is 1. The first kappa shape index (κ1) is 21.8. The molecule has 1 saturated heterocycles. The Labute approximate surface area is 176 Å². The van der Waals surface area contributed by atoms with Gasteiger partial charge in [-0.2, -0.15) is 4.31 Å². The van der Waals surface area contributed by atoms with Crippen molar-refractivity contribution in [3.63, 3.8) is 0 Å². The Bertz CT molecular complexity index is 960. The molecule has 1 fully saturated rings. The van der Waals surface area contributed by atoms with Gasteiger partial charge < -0.3 is 19.7 Å². The molecule has 0 atom stereocenters. The Morgan fingerprint density at radius 3 is 2.43 bits per heavy atom. The molecule has 0 unspecified atom stereocenters. The zero-order valence-corrected chi connectivity index (χ0v) is 17.9. The molecule has 1 aromatic carbocycles. The van der Waals surface area contributed by atoms with Crippen molar-refractivity contribution in [1.82, 2.24) is 14.6 Å². The number of methoxy groups -OCH3 is 2. The molecule has 0 bridgehead atoms. The lowest BCUT2D eigenvalue weighted by molar-refractivity contribution is 0.0955. The third-order valence-corrected chi connectivity index (χ3v) is 6.77. The molecule has 162 valence electrons. The van der Waals surface area contributed by atoms with Crippen LogP contribution in [0.2, 0.25) is 0 Å². The smallest absolute Gasteiger partial charge is 0.251 e. The number of sulfonamides is 1. The highest BCUT2D eigenvalue weighted by Crippen LogP contribution is 2.27. The average Bonchev–Trinajstić information content (AvgIpc) is 2.79. The highest BCUT2D eigenvalue weighted by atomic mass is 32.2. The monoisotopic (exact) mass is 434 g/mol. The van der Waals surface area contributed by atoms with E-state index in [-0.39, 0.29) is 18.2 Å². The van der Waals surface area contributed by atoms with Crippen molar-refractivity contribution in [1.29, 1.82) is 0 Å². The number of hydrogen-bond acceptors (Lipinski definition) is 7. The van der Waals surface area contributed by atoms with Crippen LogP contribution < -0.4 is 19.7 Å². The molecule has 0 spiro atoms. The zero-order chi connectivity index (χ0) is 21.6. The molecule has 2 heterocycles. The molecule has 0 radical (unpaired) electrons. The fourth-order valence-electron chi connectivity index (χ4n) is 3.24. The number of nitrogens with one attached hydrogen (secondary N) is 1. The maximum atomic E-state index is 12.6. The molecule has 1 N–H and O–H groups in total. The van der Waals surface area contributed by atoms with E-state index in [9.17, 15) is 13.2 Å². The number of piperazine rings is 1. The SMILES string of the molecule is COc1ccc(C(=O)NCCS(=O)(=O)N2CCN(c3ccccn3)CC2)cc1OC. The topological polar surface area (TPSA) is 101 Å². The van der Waals surface area contributed by atoms with E-state index in [4.69, 9.17) is 9.47 Å². The van der Waals surface area contributed by atoms with Crippen molar-refractivity contribution in [3.8, 4) is 11.5 Å². The third kappa shape index (κ3) is 5.19. The highest BCUT2D eigenvalue weighted by molar-refractivity contribution is 7.89. The van der Waals surface area contributed by atoms with Crippen LogP contribution in [0.25, 0.3) is 0 Å². The molecule has 1 aliphatic heterocycles. The summed E-state index contributed by atoms with van der Waals surface area (Å²) in [5.74, 6) is 1.27. The predicted molar refractivity (Wildman–Crippen MR) is 114 cm³/mol. The lowest BCUT2D eigenvalue weighted by Crippen LogP contribution is -2.50. The van der Waals surface area contributed by atoms with E-state index in [1.807, 2.05) is 18.2 Å². The van der Waals surface area contributed by atoms with Gasteiger partial charge in [-0.25, -0.2) is 13.4 Å². The zero-order valence-electron chi connectivity index (χ0n) is 17.1. The van der Waals surface area contributed by atoms with Crippen molar-refractivity contribution in [2.24, 2.45) is 0 Å². The Morgan fingerprint density at radius 1 is 1.07 bits per heavy atom. The number of nitrogens with zero attached hydrogens (tertiary/aromatic N) is 3. The number of amides is 1. The standard InChI is InChI=1S/C20H26N4O5S/c1-28-17-7-6-16(15-18(17)29-2)20(25)22-9-14-30(26,27)24-12-10-23(11-13-24)19-5-3-4-8-21-19/h3-8,15H,9-14H2,1-2H3,(H,22,25). The first-order valence-corrected chi connectivity index (χ1v) is 11.2. The molecule has 3 rings (SSSR count). The van der Waals surface area contributed by atoms with Crippen LogP contribution >= 0.6 is 0 Å². The Balaban J connectivity index is 1.50. The summed E-state index contributed by atoms with van der Waals surface area (Å²) in [4.78, 5) is 18.7. The number of carbonyl (C=O) groups excluding carboxylic acids is 1. The molecule has 30 heavy (non-hydrogen) atoms. The minimum Gasteiger partial charge on any atom is -0.493 e.